The van der Waals surface area contributed by atoms with E-state index < -0.39 is 5.92 Å². The zero-order chi connectivity index (χ0) is 25.3. The minimum Gasteiger partial charge on any atom is -0.463 e. The van der Waals surface area contributed by atoms with Gasteiger partial charge in [0.2, 0.25) is 11.8 Å². The summed E-state index contributed by atoms with van der Waals surface area (Å²) in [7, 11) is 0. The molecular formula is C27H40N2O5. The predicted molar refractivity (Wildman–Crippen MR) is 134 cm³/mol. The van der Waals surface area contributed by atoms with Crippen LogP contribution in [0.15, 0.2) is 55.6 Å². The lowest BCUT2D eigenvalue weighted by Crippen LogP contribution is -2.46. The van der Waals surface area contributed by atoms with Crippen LogP contribution in [-0.2, 0) is 25.7 Å². The Balaban J connectivity index is 2.76. The standard InChI is InChI=1S/C27H40N2O5/c1-5-7-9-15-26(32)34-20-24(21(3)4)28-27(33)23(12-6-2)18-25(31)29(16-17-30)19-22-13-10-8-11-14-22/h5-6,8,10-11,13-14,21,23-24,30H,1-2,7,9,12,15-20H2,3-4H3,(H,28,33)/t23-,24+/m0/s1. The number of allylic oxidation sites excluding steroid dienone is 2. The summed E-state index contributed by atoms with van der Waals surface area (Å²) in [6.45, 7) is 11.7. The maximum atomic E-state index is 13.0. The van der Waals surface area contributed by atoms with E-state index in [9.17, 15) is 19.5 Å². The van der Waals surface area contributed by atoms with E-state index in [1.165, 1.54) is 0 Å². The zero-order valence-corrected chi connectivity index (χ0v) is 20.6. The number of benzene rings is 1. The summed E-state index contributed by atoms with van der Waals surface area (Å²) in [5, 5.41) is 12.4. The summed E-state index contributed by atoms with van der Waals surface area (Å²) >= 11 is 0. The van der Waals surface area contributed by atoms with Crippen LogP contribution in [0, 0.1) is 11.8 Å². The van der Waals surface area contributed by atoms with Crippen molar-refractivity contribution in [2.45, 2.75) is 58.5 Å². The first-order chi connectivity index (χ1) is 16.3. The van der Waals surface area contributed by atoms with Gasteiger partial charge < -0.3 is 20.1 Å². The van der Waals surface area contributed by atoms with E-state index in [1.807, 2.05) is 44.2 Å². The van der Waals surface area contributed by atoms with Crippen molar-refractivity contribution >= 4 is 17.8 Å². The van der Waals surface area contributed by atoms with Gasteiger partial charge in [-0.25, -0.2) is 0 Å². The third-order valence-electron chi connectivity index (χ3n) is 5.53. The number of carbonyl (C=O) groups is 3. The first kappa shape index (κ1) is 29.1. The highest BCUT2D eigenvalue weighted by Gasteiger charge is 2.27. The van der Waals surface area contributed by atoms with Crippen molar-refractivity contribution in [3.8, 4) is 0 Å². The number of ether oxygens (including phenoxy) is 1. The van der Waals surface area contributed by atoms with Gasteiger partial charge in [0.1, 0.15) is 6.61 Å². The van der Waals surface area contributed by atoms with Crippen LogP contribution in [0.3, 0.4) is 0 Å². The van der Waals surface area contributed by atoms with Gasteiger partial charge >= 0.3 is 5.97 Å². The van der Waals surface area contributed by atoms with Gasteiger partial charge in [-0.15, -0.1) is 13.2 Å². The van der Waals surface area contributed by atoms with E-state index in [-0.39, 0.29) is 55.9 Å². The molecule has 2 N–H and O–H groups in total. The molecule has 7 nitrogen and oxygen atoms in total. The Morgan fingerprint density at radius 2 is 1.85 bits per heavy atom. The van der Waals surface area contributed by atoms with Gasteiger partial charge in [0.25, 0.3) is 0 Å². The highest BCUT2D eigenvalue weighted by molar-refractivity contribution is 5.86. The van der Waals surface area contributed by atoms with Gasteiger partial charge in [-0.2, -0.15) is 0 Å². The van der Waals surface area contributed by atoms with Crippen molar-refractivity contribution < 1.29 is 24.2 Å². The summed E-state index contributed by atoms with van der Waals surface area (Å²) in [5.41, 5.74) is 0.948. The lowest BCUT2D eigenvalue weighted by atomic mass is 9.97. The van der Waals surface area contributed by atoms with Crippen LogP contribution in [0.2, 0.25) is 0 Å². The molecule has 188 valence electrons. The molecule has 0 heterocycles. The number of nitrogens with one attached hydrogen (secondary N) is 1. The Morgan fingerprint density at radius 3 is 2.44 bits per heavy atom. The fraction of sp³-hybridized carbons (Fsp3) is 0.519. The van der Waals surface area contributed by atoms with Gasteiger partial charge in [-0.3, -0.25) is 14.4 Å². The van der Waals surface area contributed by atoms with Gasteiger partial charge in [-0.05, 0) is 30.7 Å². The number of aliphatic hydroxyl groups excluding tert-OH is 1. The number of hydrogen-bond donors (Lipinski definition) is 2. The Morgan fingerprint density at radius 1 is 1.15 bits per heavy atom. The highest BCUT2D eigenvalue weighted by Crippen LogP contribution is 2.16. The number of nitrogens with zero attached hydrogens (tertiary/aromatic N) is 1. The number of amides is 2. The number of aliphatic hydroxyl groups is 1. The molecule has 2 atom stereocenters. The van der Waals surface area contributed by atoms with Crippen LogP contribution in [0.5, 0.6) is 0 Å². The molecular weight excluding hydrogens is 432 g/mol. The molecule has 0 spiro atoms. The molecule has 0 unspecified atom stereocenters. The van der Waals surface area contributed by atoms with Crippen molar-refractivity contribution in [1.29, 1.82) is 0 Å². The third-order valence-corrected chi connectivity index (χ3v) is 5.53. The van der Waals surface area contributed by atoms with Gasteiger partial charge in [0.15, 0.2) is 0 Å². The molecule has 0 aliphatic heterocycles. The first-order valence-electron chi connectivity index (χ1n) is 11.9. The number of esters is 1. The molecule has 1 aromatic carbocycles. The van der Waals surface area contributed by atoms with E-state index in [0.29, 0.717) is 25.8 Å². The average molecular weight is 473 g/mol. The topological polar surface area (TPSA) is 95.9 Å². The lowest BCUT2D eigenvalue weighted by molar-refractivity contribution is -0.145. The molecule has 0 fully saturated rings. The SMILES string of the molecule is C=CCCCC(=O)OC[C@@H](NC(=O)[C@@H](CC=C)CC(=O)N(CCO)Cc1ccccc1)C(C)C. The zero-order valence-electron chi connectivity index (χ0n) is 20.6. The fourth-order valence-corrected chi connectivity index (χ4v) is 3.39. The number of hydrogen-bond acceptors (Lipinski definition) is 5. The second-order valence-corrected chi connectivity index (χ2v) is 8.67. The Kier molecular flexibility index (Phi) is 14.2. The van der Waals surface area contributed by atoms with Gasteiger partial charge in [-0.1, -0.05) is 56.3 Å². The molecule has 0 aliphatic rings. The van der Waals surface area contributed by atoms with E-state index in [0.717, 1.165) is 12.0 Å². The third kappa shape index (κ3) is 11.3. The summed E-state index contributed by atoms with van der Waals surface area (Å²) in [6, 6.07) is 9.15. The monoisotopic (exact) mass is 472 g/mol. The molecule has 2 amide bonds. The highest BCUT2D eigenvalue weighted by atomic mass is 16.5. The predicted octanol–water partition coefficient (Wildman–Crippen LogP) is 3.63. The van der Waals surface area contributed by atoms with Crippen LogP contribution >= 0.6 is 0 Å². The van der Waals surface area contributed by atoms with E-state index in [4.69, 9.17) is 4.74 Å². The van der Waals surface area contributed by atoms with Crippen LogP contribution in [0.25, 0.3) is 0 Å². The maximum Gasteiger partial charge on any atom is 0.305 e. The second kappa shape index (κ2) is 16.6. The Hall–Kier alpha value is -2.93. The molecule has 1 rings (SSSR count). The van der Waals surface area contributed by atoms with Crippen LogP contribution in [0.4, 0.5) is 0 Å². The van der Waals surface area contributed by atoms with E-state index in [1.54, 1.807) is 17.1 Å². The minimum atomic E-state index is -0.605. The van der Waals surface area contributed by atoms with Crippen LogP contribution < -0.4 is 5.32 Å². The molecule has 34 heavy (non-hydrogen) atoms. The molecule has 0 bridgehead atoms. The number of rotatable bonds is 17. The van der Waals surface area contributed by atoms with Crippen molar-refractivity contribution in [2.75, 3.05) is 19.8 Å². The lowest BCUT2D eigenvalue weighted by Gasteiger charge is -2.27. The van der Waals surface area contributed by atoms with Crippen molar-refractivity contribution in [2.24, 2.45) is 11.8 Å². The molecule has 0 aliphatic carbocycles. The number of carbonyl (C=O) groups excluding carboxylic acids is 3. The summed E-state index contributed by atoms with van der Waals surface area (Å²) in [5.74, 6) is -1.37. The Bertz CT molecular complexity index is 778. The normalized spacial score (nSPS) is 12.5. The van der Waals surface area contributed by atoms with E-state index in [2.05, 4.69) is 18.5 Å². The largest absolute Gasteiger partial charge is 0.463 e. The number of unbranched alkanes of at least 4 members (excludes halogenated alkanes) is 1. The van der Waals surface area contributed by atoms with Crippen molar-refractivity contribution in [3.63, 3.8) is 0 Å². The fourth-order valence-electron chi connectivity index (χ4n) is 3.39. The molecule has 0 aromatic heterocycles. The van der Waals surface area contributed by atoms with Crippen LogP contribution in [0.1, 0.15) is 51.5 Å². The summed E-state index contributed by atoms with van der Waals surface area (Å²) in [4.78, 5) is 39.6. The first-order valence-corrected chi connectivity index (χ1v) is 11.9. The van der Waals surface area contributed by atoms with Crippen LogP contribution in [-0.4, -0.2) is 53.6 Å². The molecule has 0 radical (unpaired) electrons. The van der Waals surface area contributed by atoms with E-state index >= 15 is 0 Å². The summed E-state index contributed by atoms with van der Waals surface area (Å²) in [6.07, 6.45) is 5.44. The second-order valence-electron chi connectivity index (χ2n) is 8.67. The molecule has 0 saturated carbocycles. The average Bonchev–Trinajstić information content (AvgIpc) is 2.81. The minimum absolute atomic E-state index is 0.00313. The molecule has 0 saturated heterocycles. The maximum absolute atomic E-state index is 13.0. The van der Waals surface area contributed by atoms with Gasteiger partial charge in [0.05, 0.1) is 18.6 Å². The quantitative estimate of drug-likeness (QED) is 0.205. The Labute approximate surface area is 203 Å². The molecule has 7 heteroatoms. The molecule has 1 aromatic rings. The summed E-state index contributed by atoms with van der Waals surface area (Å²) < 4.78 is 5.36. The van der Waals surface area contributed by atoms with Crippen molar-refractivity contribution in [1.82, 2.24) is 10.2 Å². The van der Waals surface area contributed by atoms with Crippen molar-refractivity contribution in [3.05, 3.63) is 61.2 Å². The smallest absolute Gasteiger partial charge is 0.305 e. The van der Waals surface area contributed by atoms with Gasteiger partial charge in [0, 0.05) is 25.9 Å².